The van der Waals surface area contributed by atoms with Gasteiger partial charge in [-0.05, 0) is 31.7 Å². The number of nitrogens with one attached hydrogen (secondary N) is 1. The third kappa shape index (κ3) is 3.44. The van der Waals surface area contributed by atoms with Crippen molar-refractivity contribution in [2.75, 3.05) is 0 Å². The van der Waals surface area contributed by atoms with Crippen LogP contribution in [0.15, 0.2) is 24.3 Å². The van der Waals surface area contributed by atoms with E-state index in [0.29, 0.717) is 0 Å². The summed E-state index contributed by atoms with van der Waals surface area (Å²) in [6.07, 6.45) is 3.37. The van der Waals surface area contributed by atoms with Crippen molar-refractivity contribution >= 4 is 23.2 Å². The molecule has 0 spiro atoms. The number of rotatable bonds is 3. The second-order valence-corrected chi connectivity index (χ2v) is 5.31. The van der Waals surface area contributed by atoms with Gasteiger partial charge >= 0.3 is 0 Å². The number of nitrogens with zero attached hydrogens (tertiary/aromatic N) is 1. The van der Waals surface area contributed by atoms with E-state index in [1.165, 1.54) is 12.1 Å². The van der Waals surface area contributed by atoms with E-state index in [-0.39, 0.29) is 28.6 Å². The molecule has 1 saturated carbocycles. The van der Waals surface area contributed by atoms with Crippen LogP contribution in [0.3, 0.4) is 0 Å². The highest BCUT2D eigenvalue weighted by atomic mass is 35.5. The molecule has 2 rings (SSSR count). The number of alkyl halides is 1. The fourth-order valence-electron chi connectivity index (χ4n) is 2.29. The number of halogens is 1. The van der Waals surface area contributed by atoms with E-state index in [1.54, 1.807) is 12.1 Å². The van der Waals surface area contributed by atoms with Gasteiger partial charge < -0.3 is 5.32 Å². The molecule has 1 amide bonds. The minimum absolute atomic E-state index is 0.0577. The molecule has 1 aliphatic carbocycles. The molecule has 0 unspecified atom stereocenters. The maximum Gasteiger partial charge on any atom is 0.282 e. The van der Waals surface area contributed by atoms with E-state index in [4.69, 9.17) is 11.6 Å². The number of carbonyl (C=O) groups is 1. The highest BCUT2D eigenvalue weighted by Gasteiger charge is 2.24. The Morgan fingerprint density at radius 3 is 2.53 bits per heavy atom. The first-order chi connectivity index (χ1) is 9.08. The first kappa shape index (κ1) is 13.8. The van der Waals surface area contributed by atoms with E-state index in [2.05, 4.69) is 5.32 Å². The molecule has 1 fully saturated rings. The Morgan fingerprint density at radius 2 is 1.89 bits per heavy atom. The number of amides is 1. The molecule has 102 valence electrons. The number of para-hydroxylation sites is 1. The van der Waals surface area contributed by atoms with Crippen molar-refractivity contribution in [3.05, 3.63) is 39.9 Å². The van der Waals surface area contributed by atoms with Crippen LogP contribution >= 0.6 is 11.6 Å². The van der Waals surface area contributed by atoms with Gasteiger partial charge in [-0.25, -0.2) is 0 Å². The molecule has 1 aromatic rings. The molecule has 1 aliphatic rings. The summed E-state index contributed by atoms with van der Waals surface area (Å²) in [5.74, 6) is -0.384. The van der Waals surface area contributed by atoms with Gasteiger partial charge in [0.25, 0.3) is 11.6 Å². The minimum Gasteiger partial charge on any atom is -0.349 e. The van der Waals surface area contributed by atoms with Gasteiger partial charge in [0.1, 0.15) is 5.56 Å². The summed E-state index contributed by atoms with van der Waals surface area (Å²) in [6.45, 7) is 0. The maximum atomic E-state index is 12.1. The van der Waals surface area contributed by atoms with Crippen LogP contribution in [0, 0.1) is 10.1 Å². The molecule has 0 radical (unpaired) electrons. The Balaban J connectivity index is 2.06. The highest BCUT2D eigenvalue weighted by molar-refractivity contribution is 6.20. The normalized spacial score (nSPS) is 22.8. The average Bonchev–Trinajstić information content (AvgIpc) is 2.41. The van der Waals surface area contributed by atoms with Gasteiger partial charge in [0, 0.05) is 17.5 Å². The predicted octanol–water partition coefficient (Wildman–Crippen LogP) is 2.87. The Kier molecular flexibility index (Phi) is 4.37. The third-order valence-electron chi connectivity index (χ3n) is 3.34. The van der Waals surface area contributed by atoms with Crippen LogP contribution < -0.4 is 5.32 Å². The Labute approximate surface area is 116 Å². The first-order valence-corrected chi connectivity index (χ1v) is 6.70. The molecule has 6 heteroatoms. The lowest BCUT2D eigenvalue weighted by atomic mass is 9.95. The summed E-state index contributed by atoms with van der Waals surface area (Å²) in [4.78, 5) is 22.4. The number of hydrogen-bond donors (Lipinski definition) is 1. The van der Waals surface area contributed by atoms with Crippen molar-refractivity contribution in [1.29, 1.82) is 0 Å². The molecule has 5 nitrogen and oxygen atoms in total. The standard InChI is InChI=1S/C13H15ClN2O3/c14-9-5-7-10(8-6-9)15-13(17)11-3-1-2-4-12(11)16(18)19/h1-4,9-10H,5-8H2,(H,15,17). The summed E-state index contributed by atoms with van der Waals surface area (Å²) in [5.41, 5.74) is -0.0495. The van der Waals surface area contributed by atoms with Gasteiger partial charge in [0.2, 0.25) is 0 Å². The summed E-state index contributed by atoms with van der Waals surface area (Å²) in [6, 6.07) is 6.04. The molecule has 1 aromatic carbocycles. The lowest BCUT2D eigenvalue weighted by Gasteiger charge is -2.25. The van der Waals surface area contributed by atoms with Crippen LogP contribution in [0.5, 0.6) is 0 Å². The molecule has 0 bridgehead atoms. The fraction of sp³-hybridized carbons (Fsp3) is 0.462. The molecule has 0 heterocycles. The minimum atomic E-state index is -0.537. The SMILES string of the molecule is O=C(NC1CCC(Cl)CC1)c1ccccc1[N+](=O)[O-]. The zero-order chi connectivity index (χ0) is 13.8. The molecule has 0 aliphatic heterocycles. The summed E-state index contributed by atoms with van der Waals surface area (Å²) < 4.78 is 0. The molecular weight excluding hydrogens is 268 g/mol. The summed E-state index contributed by atoms with van der Waals surface area (Å²) in [5, 5.41) is 13.9. The van der Waals surface area contributed by atoms with Crippen LogP contribution in [-0.2, 0) is 0 Å². The number of nitro groups is 1. The number of hydrogen-bond acceptors (Lipinski definition) is 3. The van der Waals surface area contributed by atoms with E-state index in [1.807, 2.05) is 0 Å². The van der Waals surface area contributed by atoms with E-state index < -0.39 is 4.92 Å². The van der Waals surface area contributed by atoms with Crippen LogP contribution in [0.4, 0.5) is 5.69 Å². The largest absolute Gasteiger partial charge is 0.349 e. The van der Waals surface area contributed by atoms with E-state index >= 15 is 0 Å². The van der Waals surface area contributed by atoms with E-state index in [0.717, 1.165) is 25.7 Å². The number of nitro benzene ring substituents is 1. The monoisotopic (exact) mass is 282 g/mol. The second kappa shape index (κ2) is 6.02. The van der Waals surface area contributed by atoms with Gasteiger partial charge in [0.15, 0.2) is 0 Å². The molecule has 0 atom stereocenters. The maximum absolute atomic E-state index is 12.1. The lowest BCUT2D eigenvalue weighted by Crippen LogP contribution is -2.38. The zero-order valence-corrected chi connectivity index (χ0v) is 11.1. The zero-order valence-electron chi connectivity index (χ0n) is 10.3. The topological polar surface area (TPSA) is 72.2 Å². The van der Waals surface area contributed by atoms with Crippen molar-refractivity contribution in [2.45, 2.75) is 37.1 Å². The van der Waals surface area contributed by atoms with Crippen LogP contribution in [-0.4, -0.2) is 22.2 Å². The van der Waals surface area contributed by atoms with E-state index in [9.17, 15) is 14.9 Å². The van der Waals surface area contributed by atoms with Crippen LogP contribution in [0.1, 0.15) is 36.0 Å². The Bertz CT molecular complexity index is 485. The van der Waals surface area contributed by atoms with Gasteiger partial charge in [-0.1, -0.05) is 12.1 Å². The van der Waals surface area contributed by atoms with Crippen molar-refractivity contribution < 1.29 is 9.72 Å². The molecule has 19 heavy (non-hydrogen) atoms. The number of benzene rings is 1. The molecular formula is C13H15ClN2O3. The number of carbonyl (C=O) groups excluding carboxylic acids is 1. The smallest absolute Gasteiger partial charge is 0.282 e. The van der Waals surface area contributed by atoms with Gasteiger partial charge in [-0.15, -0.1) is 11.6 Å². The van der Waals surface area contributed by atoms with Crippen molar-refractivity contribution in [3.8, 4) is 0 Å². The van der Waals surface area contributed by atoms with Gasteiger partial charge in [-0.3, -0.25) is 14.9 Å². The molecule has 0 saturated heterocycles. The Hall–Kier alpha value is -1.62. The summed E-state index contributed by atoms with van der Waals surface area (Å²) in [7, 11) is 0. The lowest BCUT2D eigenvalue weighted by molar-refractivity contribution is -0.385. The van der Waals surface area contributed by atoms with Gasteiger partial charge in [-0.2, -0.15) is 0 Å². The molecule has 1 N–H and O–H groups in total. The Morgan fingerprint density at radius 1 is 1.26 bits per heavy atom. The average molecular weight is 283 g/mol. The quantitative estimate of drug-likeness (QED) is 0.526. The summed E-state index contributed by atoms with van der Waals surface area (Å²) >= 11 is 6.00. The highest BCUT2D eigenvalue weighted by Crippen LogP contribution is 2.24. The second-order valence-electron chi connectivity index (χ2n) is 4.70. The predicted molar refractivity (Wildman–Crippen MR) is 72.5 cm³/mol. The van der Waals surface area contributed by atoms with Crippen LogP contribution in [0.25, 0.3) is 0 Å². The first-order valence-electron chi connectivity index (χ1n) is 6.26. The van der Waals surface area contributed by atoms with Crippen molar-refractivity contribution in [3.63, 3.8) is 0 Å². The fourth-order valence-corrected chi connectivity index (χ4v) is 2.54. The van der Waals surface area contributed by atoms with Crippen molar-refractivity contribution in [2.24, 2.45) is 0 Å². The molecule has 0 aromatic heterocycles. The van der Waals surface area contributed by atoms with Crippen molar-refractivity contribution in [1.82, 2.24) is 5.32 Å². The third-order valence-corrected chi connectivity index (χ3v) is 3.77. The van der Waals surface area contributed by atoms with Crippen LogP contribution in [0.2, 0.25) is 0 Å². The van der Waals surface area contributed by atoms with Gasteiger partial charge in [0.05, 0.1) is 4.92 Å².